The summed E-state index contributed by atoms with van der Waals surface area (Å²) in [6.45, 7) is 7.24. The van der Waals surface area contributed by atoms with Crippen molar-refractivity contribution in [3.8, 4) is 5.75 Å². The predicted octanol–water partition coefficient (Wildman–Crippen LogP) is 5.46. The average Bonchev–Trinajstić information content (AvgIpc) is 3.54. The van der Waals surface area contributed by atoms with Crippen molar-refractivity contribution < 1.29 is 19.1 Å². The Morgan fingerprint density at radius 2 is 1.82 bits per heavy atom. The molecule has 1 atom stereocenters. The molecule has 40 heavy (non-hydrogen) atoms. The summed E-state index contributed by atoms with van der Waals surface area (Å²) < 4.78 is 13.3. The van der Waals surface area contributed by atoms with E-state index in [1.165, 1.54) is 0 Å². The summed E-state index contributed by atoms with van der Waals surface area (Å²) in [5.41, 5.74) is 5.43. The normalized spacial score (nSPS) is 15.2. The highest BCUT2D eigenvalue weighted by atomic mass is 16.5. The van der Waals surface area contributed by atoms with Gasteiger partial charge in [-0.05, 0) is 55.7 Å². The van der Waals surface area contributed by atoms with Gasteiger partial charge >= 0.3 is 0 Å². The predicted molar refractivity (Wildman–Crippen MR) is 157 cm³/mol. The number of hydrogen-bond donors (Lipinski definition) is 0. The molecule has 3 aromatic carbocycles. The van der Waals surface area contributed by atoms with E-state index in [9.17, 15) is 9.59 Å². The van der Waals surface area contributed by atoms with Crippen LogP contribution in [0.3, 0.4) is 0 Å². The van der Waals surface area contributed by atoms with E-state index in [-0.39, 0.29) is 31.0 Å². The van der Waals surface area contributed by atoms with Crippen LogP contribution in [0.1, 0.15) is 43.1 Å². The summed E-state index contributed by atoms with van der Waals surface area (Å²) in [7, 11) is 1.61. The maximum atomic E-state index is 14.1. The summed E-state index contributed by atoms with van der Waals surface area (Å²) in [5.74, 6) is 1.12. The quantitative estimate of drug-likeness (QED) is 0.250. The van der Waals surface area contributed by atoms with Crippen LogP contribution < -0.4 is 14.5 Å². The molecular formula is C32H36N4O4. The van der Waals surface area contributed by atoms with Gasteiger partial charge < -0.3 is 18.9 Å². The van der Waals surface area contributed by atoms with Crippen molar-refractivity contribution in [3.63, 3.8) is 0 Å². The number of fused-ring (bicyclic) bond motifs is 1. The Labute approximate surface area is 235 Å². The number of carbonyl (C=O) groups is 2. The lowest BCUT2D eigenvalue weighted by Crippen LogP contribution is -2.37. The van der Waals surface area contributed by atoms with Crippen molar-refractivity contribution >= 4 is 34.2 Å². The number of ether oxygens (including phenoxy) is 2. The van der Waals surface area contributed by atoms with Gasteiger partial charge in [-0.25, -0.2) is 4.98 Å². The molecule has 1 aliphatic heterocycles. The molecule has 0 saturated carbocycles. The maximum absolute atomic E-state index is 14.1. The fourth-order valence-electron chi connectivity index (χ4n) is 5.59. The zero-order valence-corrected chi connectivity index (χ0v) is 23.6. The molecule has 4 aromatic rings. The molecule has 1 aromatic heterocycles. The molecule has 0 radical (unpaired) electrons. The standard InChI is InChI=1S/C32H36N4O4/c1-5-23-13-11-12-22(3)31(23)36(21-40-6-2)30(38)20-35-26-15-8-7-14-25(26)33-32(35)24-18-29(37)34(19-24)27-16-9-10-17-28(27)39-4/h7-17,24H,5-6,18-21H2,1-4H3/t24-/m1/s1. The first-order chi connectivity index (χ1) is 19.5. The van der Waals surface area contributed by atoms with Gasteiger partial charge in [-0.3, -0.25) is 14.5 Å². The molecule has 1 aliphatic rings. The Morgan fingerprint density at radius 3 is 2.60 bits per heavy atom. The third-order valence-corrected chi connectivity index (χ3v) is 7.54. The van der Waals surface area contributed by atoms with Gasteiger partial charge in [0.05, 0.1) is 29.5 Å². The number of aryl methyl sites for hydroxylation is 2. The molecule has 0 bridgehead atoms. The van der Waals surface area contributed by atoms with E-state index < -0.39 is 0 Å². The van der Waals surface area contributed by atoms with Crippen LogP contribution in [0.5, 0.6) is 5.75 Å². The van der Waals surface area contributed by atoms with Crippen molar-refractivity contribution in [2.24, 2.45) is 0 Å². The second kappa shape index (κ2) is 11.9. The van der Waals surface area contributed by atoms with Crippen LogP contribution >= 0.6 is 0 Å². The molecular weight excluding hydrogens is 504 g/mol. The number of anilines is 2. The zero-order chi connectivity index (χ0) is 28.2. The van der Waals surface area contributed by atoms with Crippen LogP contribution in [0, 0.1) is 6.92 Å². The second-order valence-corrected chi connectivity index (χ2v) is 10.0. The minimum atomic E-state index is -0.178. The minimum Gasteiger partial charge on any atom is -0.495 e. The summed E-state index contributed by atoms with van der Waals surface area (Å²) in [6.07, 6.45) is 1.10. The second-order valence-electron chi connectivity index (χ2n) is 10.0. The summed E-state index contributed by atoms with van der Waals surface area (Å²) in [4.78, 5) is 35.8. The first-order valence-electron chi connectivity index (χ1n) is 13.8. The third kappa shape index (κ3) is 5.19. The Morgan fingerprint density at radius 1 is 1.05 bits per heavy atom. The van der Waals surface area contributed by atoms with Crippen molar-refractivity contribution in [3.05, 3.63) is 83.7 Å². The number of hydrogen-bond acceptors (Lipinski definition) is 5. The van der Waals surface area contributed by atoms with E-state index in [2.05, 4.69) is 13.0 Å². The van der Waals surface area contributed by atoms with Crippen molar-refractivity contribution in [2.75, 3.05) is 36.8 Å². The Hall–Kier alpha value is -4.17. The Kier molecular flexibility index (Phi) is 8.16. The monoisotopic (exact) mass is 540 g/mol. The van der Waals surface area contributed by atoms with Crippen molar-refractivity contribution in [1.29, 1.82) is 0 Å². The van der Waals surface area contributed by atoms with Crippen LogP contribution in [-0.2, 0) is 27.3 Å². The number of amides is 2. The third-order valence-electron chi connectivity index (χ3n) is 7.54. The fourth-order valence-corrected chi connectivity index (χ4v) is 5.59. The number of aromatic nitrogens is 2. The highest BCUT2D eigenvalue weighted by Gasteiger charge is 2.36. The topological polar surface area (TPSA) is 76.9 Å². The van der Waals surface area contributed by atoms with E-state index in [0.29, 0.717) is 25.3 Å². The van der Waals surface area contributed by atoms with Gasteiger partial charge in [-0.15, -0.1) is 0 Å². The summed E-state index contributed by atoms with van der Waals surface area (Å²) in [6, 6.07) is 21.4. The number of methoxy groups -OCH3 is 1. The lowest BCUT2D eigenvalue weighted by atomic mass is 10.0. The fraction of sp³-hybridized carbons (Fsp3) is 0.344. The van der Waals surface area contributed by atoms with Crippen LogP contribution in [0.4, 0.5) is 11.4 Å². The van der Waals surface area contributed by atoms with E-state index in [4.69, 9.17) is 14.5 Å². The maximum Gasteiger partial charge on any atom is 0.248 e. The largest absolute Gasteiger partial charge is 0.495 e. The molecule has 5 rings (SSSR count). The van der Waals surface area contributed by atoms with Crippen molar-refractivity contribution in [2.45, 2.75) is 46.1 Å². The van der Waals surface area contributed by atoms with E-state index in [1.807, 2.05) is 79.1 Å². The Balaban J connectivity index is 1.51. The van der Waals surface area contributed by atoms with Gasteiger partial charge in [0.2, 0.25) is 11.8 Å². The van der Waals surface area contributed by atoms with Crippen LogP contribution in [0.25, 0.3) is 11.0 Å². The molecule has 1 fully saturated rings. The van der Waals surface area contributed by atoms with Gasteiger partial charge in [0, 0.05) is 25.5 Å². The summed E-state index contributed by atoms with van der Waals surface area (Å²) >= 11 is 0. The van der Waals surface area contributed by atoms with Gasteiger partial charge in [0.1, 0.15) is 24.8 Å². The highest BCUT2D eigenvalue weighted by Crippen LogP contribution is 2.37. The van der Waals surface area contributed by atoms with E-state index in [1.54, 1.807) is 16.9 Å². The van der Waals surface area contributed by atoms with Crippen LogP contribution in [0.15, 0.2) is 66.7 Å². The highest BCUT2D eigenvalue weighted by molar-refractivity contribution is 5.98. The van der Waals surface area contributed by atoms with Crippen LogP contribution in [-0.4, -0.2) is 48.4 Å². The molecule has 0 N–H and O–H groups in total. The van der Waals surface area contributed by atoms with Gasteiger partial charge in [-0.1, -0.05) is 49.4 Å². The average molecular weight is 541 g/mol. The molecule has 1 saturated heterocycles. The molecule has 8 nitrogen and oxygen atoms in total. The molecule has 2 heterocycles. The molecule has 0 unspecified atom stereocenters. The minimum absolute atomic E-state index is 0.00454. The van der Waals surface area contributed by atoms with E-state index >= 15 is 0 Å². The van der Waals surface area contributed by atoms with Crippen molar-refractivity contribution in [1.82, 2.24) is 9.55 Å². The number of nitrogens with zero attached hydrogens (tertiary/aromatic N) is 4. The SMILES string of the molecule is CCOCN(C(=O)Cn1c([C@@H]2CC(=O)N(c3ccccc3OC)C2)nc2ccccc21)c1c(C)cccc1CC. The smallest absolute Gasteiger partial charge is 0.248 e. The number of benzene rings is 3. The lowest BCUT2D eigenvalue weighted by molar-refractivity contribution is -0.120. The molecule has 0 spiro atoms. The van der Waals surface area contributed by atoms with Crippen LogP contribution in [0.2, 0.25) is 0 Å². The number of carbonyl (C=O) groups excluding carboxylic acids is 2. The Bertz CT molecular complexity index is 1530. The summed E-state index contributed by atoms with van der Waals surface area (Å²) in [5, 5.41) is 0. The lowest BCUT2D eigenvalue weighted by Gasteiger charge is -2.27. The van der Waals surface area contributed by atoms with Gasteiger partial charge in [0.15, 0.2) is 0 Å². The first kappa shape index (κ1) is 27.4. The molecule has 0 aliphatic carbocycles. The number of para-hydroxylation sites is 5. The molecule has 2 amide bonds. The first-order valence-corrected chi connectivity index (χ1v) is 13.8. The van der Waals surface area contributed by atoms with E-state index in [0.717, 1.165) is 45.8 Å². The number of rotatable bonds is 10. The van der Waals surface area contributed by atoms with Gasteiger partial charge in [-0.2, -0.15) is 0 Å². The zero-order valence-electron chi connectivity index (χ0n) is 23.6. The molecule has 8 heteroatoms. The van der Waals surface area contributed by atoms with Gasteiger partial charge in [0.25, 0.3) is 0 Å². The number of imidazole rings is 1. The molecule has 208 valence electrons.